The Kier molecular flexibility index (Phi) is 5.66. The van der Waals surface area contributed by atoms with E-state index in [4.69, 9.17) is 0 Å². The van der Waals surface area contributed by atoms with Crippen molar-refractivity contribution in [3.63, 3.8) is 0 Å². The molecule has 0 nitrogen and oxygen atoms in total. The Bertz CT molecular complexity index is 1900. The van der Waals surface area contributed by atoms with Crippen LogP contribution in [0.4, 0.5) is 0 Å². The van der Waals surface area contributed by atoms with E-state index in [1.807, 2.05) is 0 Å². The molecule has 40 heavy (non-hydrogen) atoms. The number of hydrogen-bond acceptors (Lipinski definition) is 0. The molecule has 8 rings (SSSR count). The highest BCUT2D eigenvalue weighted by Gasteiger charge is 2.38. The molecule has 0 saturated carbocycles. The standard InChI is InChI=1S/C40H32/c1-2-13-27(14-3-1)30-25-26-38(32-19-7-6-18-31(30)32)40-36-22-10-8-20-34(36)39(35-21-9-11-23-37(35)40)33-24-12-16-28-15-4-5-17-29(28)33/h1-2,4-13,15-26,31-32,34,36H,3,14H2. The second kappa shape index (κ2) is 9.65. The van der Waals surface area contributed by atoms with E-state index in [0.29, 0.717) is 23.7 Å². The van der Waals surface area contributed by atoms with Crippen molar-refractivity contribution in [2.24, 2.45) is 23.7 Å². The van der Waals surface area contributed by atoms with Crippen LogP contribution in [-0.2, 0) is 0 Å². The lowest BCUT2D eigenvalue weighted by molar-refractivity contribution is 0.587. The van der Waals surface area contributed by atoms with Gasteiger partial charge in [0.15, 0.2) is 0 Å². The van der Waals surface area contributed by atoms with Crippen LogP contribution in [0.2, 0.25) is 0 Å². The summed E-state index contributed by atoms with van der Waals surface area (Å²) in [6.07, 6.45) is 32.8. The Hall–Kier alpha value is -4.42. The monoisotopic (exact) mass is 512 g/mol. The van der Waals surface area contributed by atoms with Crippen LogP contribution in [-0.4, -0.2) is 0 Å². The molecule has 0 fully saturated rings. The minimum absolute atomic E-state index is 0.291. The third kappa shape index (κ3) is 3.67. The maximum absolute atomic E-state index is 2.46. The molecule has 0 bridgehead atoms. The number of fused-ring (bicyclic) bond motifs is 4. The molecule has 0 aliphatic heterocycles. The Morgan fingerprint density at radius 1 is 0.500 bits per heavy atom. The third-order valence-electron chi connectivity index (χ3n) is 9.38. The van der Waals surface area contributed by atoms with E-state index in [1.165, 1.54) is 54.6 Å². The maximum atomic E-state index is 2.46. The van der Waals surface area contributed by atoms with Gasteiger partial charge < -0.3 is 0 Å². The second-order valence-electron chi connectivity index (χ2n) is 11.4. The second-order valence-corrected chi connectivity index (χ2v) is 11.4. The summed E-state index contributed by atoms with van der Waals surface area (Å²) in [7, 11) is 0. The van der Waals surface area contributed by atoms with E-state index in [9.17, 15) is 0 Å². The van der Waals surface area contributed by atoms with Crippen molar-refractivity contribution in [2.75, 3.05) is 0 Å². The number of rotatable bonds is 3. The highest BCUT2D eigenvalue weighted by atomic mass is 14.4. The van der Waals surface area contributed by atoms with E-state index in [1.54, 1.807) is 0 Å². The zero-order chi connectivity index (χ0) is 26.5. The van der Waals surface area contributed by atoms with E-state index < -0.39 is 0 Å². The summed E-state index contributed by atoms with van der Waals surface area (Å²) in [5.74, 6) is 1.32. The van der Waals surface area contributed by atoms with Crippen molar-refractivity contribution in [1.82, 2.24) is 0 Å². The zero-order valence-electron chi connectivity index (χ0n) is 22.6. The predicted molar refractivity (Wildman–Crippen MR) is 169 cm³/mol. The van der Waals surface area contributed by atoms with Crippen molar-refractivity contribution in [3.8, 4) is 0 Å². The van der Waals surface area contributed by atoms with E-state index in [0.717, 1.165) is 12.8 Å². The third-order valence-corrected chi connectivity index (χ3v) is 9.38. The first-order valence-corrected chi connectivity index (χ1v) is 14.7. The first-order valence-electron chi connectivity index (χ1n) is 14.7. The molecule has 0 radical (unpaired) electrons. The van der Waals surface area contributed by atoms with Crippen molar-refractivity contribution in [3.05, 3.63) is 178 Å². The predicted octanol–water partition coefficient (Wildman–Crippen LogP) is 8.06. The molecule has 5 aliphatic carbocycles. The molecular formula is C40H32. The molecule has 0 aromatic heterocycles. The summed E-state index contributed by atoms with van der Waals surface area (Å²) in [5.41, 5.74) is 8.75. The molecule has 0 heterocycles. The Balaban J connectivity index is 1.42. The first-order chi connectivity index (χ1) is 19.9. The lowest BCUT2D eigenvalue weighted by Crippen LogP contribution is -2.41. The first kappa shape index (κ1) is 23.5. The van der Waals surface area contributed by atoms with E-state index in [-0.39, 0.29) is 0 Å². The topological polar surface area (TPSA) is 0 Å². The van der Waals surface area contributed by atoms with Gasteiger partial charge >= 0.3 is 0 Å². The summed E-state index contributed by atoms with van der Waals surface area (Å²) in [6.45, 7) is 0. The molecule has 4 atom stereocenters. The molecule has 4 unspecified atom stereocenters. The van der Waals surface area contributed by atoms with Gasteiger partial charge in [-0.2, -0.15) is 0 Å². The zero-order valence-corrected chi connectivity index (χ0v) is 22.6. The molecular weight excluding hydrogens is 480 g/mol. The molecule has 192 valence electrons. The van der Waals surface area contributed by atoms with Gasteiger partial charge in [-0.1, -0.05) is 146 Å². The summed E-state index contributed by atoms with van der Waals surface area (Å²) in [6, 6.07) is 24.8. The minimum atomic E-state index is 0.291. The normalized spacial score (nSPS) is 26.1. The van der Waals surface area contributed by atoms with Crippen molar-refractivity contribution >= 4 is 21.9 Å². The Labute approximate surface area is 236 Å². The fourth-order valence-electron chi connectivity index (χ4n) is 7.64. The van der Waals surface area contributed by atoms with E-state index >= 15 is 0 Å². The van der Waals surface area contributed by atoms with Crippen LogP contribution in [0, 0.1) is 23.7 Å². The average Bonchev–Trinajstić information content (AvgIpc) is 3.03. The van der Waals surface area contributed by atoms with Gasteiger partial charge in [-0.3, -0.25) is 0 Å². The summed E-state index contributed by atoms with van der Waals surface area (Å²) < 4.78 is 0. The highest BCUT2D eigenvalue weighted by Crippen LogP contribution is 2.48. The van der Waals surface area contributed by atoms with Gasteiger partial charge in [-0.15, -0.1) is 0 Å². The Morgan fingerprint density at radius 3 is 1.90 bits per heavy atom. The molecule has 3 aromatic rings. The highest BCUT2D eigenvalue weighted by molar-refractivity contribution is 5.96. The number of benzene rings is 3. The van der Waals surface area contributed by atoms with Crippen LogP contribution in [0.5, 0.6) is 0 Å². The lowest BCUT2D eigenvalue weighted by atomic mass is 9.64. The van der Waals surface area contributed by atoms with Gasteiger partial charge in [0.2, 0.25) is 0 Å². The summed E-state index contributed by atoms with van der Waals surface area (Å²) >= 11 is 0. The van der Waals surface area contributed by atoms with E-state index in [2.05, 4.69) is 146 Å². The SMILES string of the molecule is C1=CCCC(C2=CC=C(C3=c4ccccc4=C(c4cccc5ccccc45)C4C=CC=CC34)C3C=CC=CC23)=C1. The largest absolute Gasteiger partial charge is 0.0842 e. The van der Waals surface area contributed by atoms with Gasteiger partial charge in [-0.05, 0) is 67.5 Å². The van der Waals surface area contributed by atoms with Gasteiger partial charge in [-0.25, -0.2) is 0 Å². The Morgan fingerprint density at radius 2 is 1.12 bits per heavy atom. The summed E-state index contributed by atoms with van der Waals surface area (Å²) in [5, 5.41) is 5.39. The molecule has 0 N–H and O–H groups in total. The van der Waals surface area contributed by atoms with Gasteiger partial charge in [0.05, 0.1) is 0 Å². The molecule has 0 heteroatoms. The van der Waals surface area contributed by atoms with Crippen LogP contribution in [0.25, 0.3) is 21.9 Å². The number of allylic oxidation sites excluding steroid dienone is 16. The van der Waals surface area contributed by atoms with Crippen molar-refractivity contribution in [1.29, 1.82) is 0 Å². The number of hydrogen-bond donors (Lipinski definition) is 0. The smallest absolute Gasteiger partial charge is 0.0137 e. The quantitative estimate of drug-likeness (QED) is 0.333. The van der Waals surface area contributed by atoms with Gasteiger partial charge in [0, 0.05) is 23.7 Å². The average molecular weight is 513 g/mol. The van der Waals surface area contributed by atoms with Crippen LogP contribution in [0.3, 0.4) is 0 Å². The fourth-order valence-corrected chi connectivity index (χ4v) is 7.64. The maximum Gasteiger partial charge on any atom is 0.0137 e. The molecule has 0 spiro atoms. The minimum Gasteiger partial charge on any atom is -0.0842 e. The molecule has 0 amide bonds. The molecule has 5 aliphatic rings. The van der Waals surface area contributed by atoms with Crippen LogP contribution in [0.15, 0.2) is 162 Å². The molecule has 3 aromatic carbocycles. The van der Waals surface area contributed by atoms with Crippen LogP contribution < -0.4 is 10.4 Å². The fraction of sp³-hybridized carbons (Fsp3) is 0.150. The van der Waals surface area contributed by atoms with Crippen molar-refractivity contribution < 1.29 is 0 Å². The summed E-state index contributed by atoms with van der Waals surface area (Å²) in [4.78, 5) is 0. The van der Waals surface area contributed by atoms with Crippen molar-refractivity contribution in [2.45, 2.75) is 12.8 Å². The van der Waals surface area contributed by atoms with Gasteiger partial charge in [0.1, 0.15) is 0 Å². The van der Waals surface area contributed by atoms with Gasteiger partial charge in [0.25, 0.3) is 0 Å². The molecule has 0 saturated heterocycles. The van der Waals surface area contributed by atoms with Crippen LogP contribution >= 0.6 is 0 Å². The lowest BCUT2D eigenvalue weighted by Gasteiger charge is -2.39. The van der Waals surface area contributed by atoms with Crippen LogP contribution in [0.1, 0.15) is 18.4 Å².